The van der Waals surface area contributed by atoms with Crippen molar-refractivity contribution in [2.75, 3.05) is 11.5 Å². The summed E-state index contributed by atoms with van der Waals surface area (Å²) < 4.78 is -0.311. The molecule has 0 bridgehead atoms. The molecule has 1 aromatic carbocycles. The lowest BCUT2D eigenvalue weighted by atomic mass is 10.0. The van der Waals surface area contributed by atoms with Crippen LogP contribution >= 0.6 is 23.5 Å². The van der Waals surface area contributed by atoms with Gasteiger partial charge < -0.3 is 9.94 Å². The number of hydroxylamine groups is 2. The molecule has 0 spiro atoms. The van der Waals surface area contributed by atoms with E-state index in [1.807, 2.05) is 6.92 Å². The molecule has 8 heteroatoms. The Kier molecular flexibility index (Phi) is 5.41. The third kappa shape index (κ3) is 3.86. The Bertz CT molecular complexity index is 669. The molecule has 2 aliphatic heterocycles. The first-order chi connectivity index (χ1) is 11.9. The second-order valence-electron chi connectivity index (χ2n) is 6.05. The van der Waals surface area contributed by atoms with Crippen molar-refractivity contribution in [3.63, 3.8) is 0 Å². The highest BCUT2D eigenvalue weighted by molar-refractivity contribution is 8.18. The summed E-state index contributed by atoms with van der Waals surface area (Å²) in [4.78, 5) is 40.0. The Balaban J connectivity index is 1.68. The summed E-state index contributed by atoms with van der Waals surface area (Å²) in [6.45, 7) is 2.03. The Morgan fingerprint density at radius 3 is 2.28 bits per heavy atom. The average molecular weight is 381 g/mol. The molecule has 1 atom stereocenters. The van der Waals surface area contributed by atoms with Gasteiger partial charge in [-0.05, 0) is 42.5 Å². The van der Waals surface area contributed by atoms with Gasteiger partial charge in [0.25, 0.3) is 11.8 Å². The fourth-order valence-electron chi connectivity index (χ4n) is 2.71. The van der Waals surface area contributed by atoms with Gasteiger partial charge in [0.1, 0.15) is 6.10 Å². The van der Waals surface area contributed by atoms with Crippen molar-refractivity contribution in [1.29, 1.82) is 0 Å². The zero-order chi connectivity index (χ0) is 18.0. The molecule has 1 aromatic rings. The van der Waals surface area contributed by atoms with Crippen LogP contribution in [0.3, 0.4) is 0 Å². The quantitative estimate of drug-likeness (QED) is 0.802. The molecule has 6 nitrogen and oxygen atoms in total. The minimum absolute atomic E-state index is 0.0607. The van der Waals surface area contributed by atoms with Gasteiger partial charge >= 0.3 is 5.97 Å². The third-order valence-corrected chi connectivity index (χ3v) is 7.49. The topological polar surface area (TPSA) is 83.9 Å². The first-order valence-electron chi connectivity index (χ1n) is 8.05. The van der Waals surface area contributed by atoms with Crippen LogP contribution in [0.4, 0.5) is 0 Å². The molecule has 0 saturated carbocycles. The van der Waals surface area contributed by atoms with Crippen LogP contribution in [-0.4, -0.2) is 43.5 Å². The van der Waals surface area contributed by atoms with Crippen LogP contribution in [-0.2, 0) is 14.4 Å². The van der Waals surface area contributed by atoms with E-state index in [1.165, 1.54) is 12.1 Å². The number of nitrogens with zero attached hydrogens (tertiary/aromatic N) is 1. The second kappa shape index (κ2) is 7.39. The van der Waals surface area contributed by atoms with Gasteiger partial charge in [-0.25, -0.2) is 4.79 Å². The number of carbonyl (C=O) groups excluding carboxylic acids is 3. The fourth-order valence-corrected chi connectivity index (χ4v) is 5.70. The first-order valence-corrected chi connectivity index (χ1v) is 10.0. The van der Waals surface area contributed by atoms with E-state index in [0.29, 0.717) is 10.6 Å². The lowest BCUT2D eigenvalue weighted by Crippen LogP contribution is -2.32. The summed E-state index contributed by atoms with van der Waals surface area (Å²) in [5.74, 6) is 0.248. The van der Waals surface area contributed by atoms with Crippen molar-refractivity contribution in [1.82, 2.24) is 5.06 Å². The number of thioether (sulfide) groups is 2. The van der Waals surface area contributed by atoms with Gasteiger partial charge in [-0.1, -0.05) is 12.1 Å². The summed E-state index contributed by atoms with van der Waals surface area (Å²) in [6.07, 6.45) is 0.599. The maximum Gasteiger partial charge on any atom is 0.363 e. The van der Waals surface area contributed by atoms with Gasteiger partial charge in [-0.2, -0.15) is 0 Å². The maximum atomic E-state index is 12.1. The molecule has 0 radical (unpaired) electrons. The van der Waals surface area contributed by atoms with Gasteiger partial charge in [0.2, 0.25) is 0 Å². The minimum atomic E-state index is -0.766. The molecule has 0 aromatic heterocycles. The number of amides is 2. The van der Waals surface area contributed by atoms with Crippen LogP contribution in [0.25, 0.3) is 0 Å². The summed E-state index contributed by atoms with van der Waals surface area (Å²) in [5, 5.41) is 11.2. The molecule has 0 aliphatic carbocycles. The molecule has 1 unspecified atom stereocenters. The predicted octanol–water partition coefficient (Wildman–Crippen LogP) is 2.53. The van der Waals surface area contributed by atoms with E-state index in [2.05, 4.69) is 0 Å². The lowest BCUT2D eigenvalue weighted by molar-refractivity contribution is -0.172. The Hall–Kier alpha value is -1.51. The van der Waals surface area contributed by atoms with Crippen LogP contribution in [0.5, 0.6) is 0 Å². The summed E-state index contributed by atoms with van der Waals surface area (Å²) in [5.41, 5.74) is 0.937. The second-order valence-corrected chi connectivity index (χ2v) is 9.40. The summed E-state index contributed by atoms with van der Waals surface area (Å²) in [7, 11) is 0. The monoisotopic (exact) mass is 381 g/mol. The number of hydrogen-bond acceptors (Lipinski definition) is 7. The molecule has 2 fully saturated rings. The van der Waals surface area contributed by atoms with Crippen molar-refractivity contribution in [3.05, 3.63) is 35.4 Å². The van der Waals surface area contributed by atoms with Gasteiger partial charge in [-0.3, -0.25) is 9.59 Å². The normalized spacial score (nSPS) is 21.3. The van der Waals surface area contributed by atoms with E-state index in [0.717, 1.165) is 17.9 Å². The highest BCUT2D eigenvalue weighted by Gasteiger charge is 2.37. The van der Waals surface area contributed by atoms with Crippen molar-refractivity contribution in [2.24, 2.45) is 0 Å². The highest BCUT2D eigenvalue weighted by atomic mass is 32.2. The number of hydrogen-bond donors (Lipinski definition) is 1. The first kappa shape index (κ1) is 18.3. The molecule has 134 valence electrons. The molecule has 2 amide bonds. The highest BCUT2D eigenvalue weighted by Crippen LogP contribution is 2.49. The van der Waals surface area contributed by atoms with Crippen LogP contribution in [0.15, 0.2) is 24.3 Å². The number of rotatable bonds is 4. The SMILES string of the molecule is CC1(C(O)c2ccc(C(=O)ON3C(=O)CCC3=O)cc2)SCCCS1. The van der Waals surface area contributed by atoms with Crippen LogP contribution < -0.4 is 0 Å². The molecular weight excluding hydrogens is 362 g/mol. The van der Waals surface area contributed by atoms with Gasteiger partial charge in [0.05, 0.1) is 9.64 Å². The van der Waals surface area contributed by atoms with Crippen molar-refractivity contribution in [3.8, 4) is 0 Å². The molecule has 2 aliphatic rings. The van der Waals surface area contributed by atoms with E-state index in [-0.39, 0.29) is 22.5 Å². The van der Waals surface area contributed by atoms with E-state index >= 15 is 0 Å². The lowest BCUT2D eigenvalue weighted by Gasteiger charge is -2.36. The molecule has 3 rings (SSSR count). The van der Waals surface area contributed by atoms with Crippen molar-refractivity contribution >= 4 is 41.3 Å². The maximum absolute atomic E-state index is 12.1. The van der Waals surface area contributed by atoms with Crippen LogP contribution in [0, 0.1) is 0 Å². The fraction of sp³-hybridized carbons (Fsp3) is 0.471. The average Bonchev–Trinajstić information content (AvgIpc) is 2.94. The summed E-state index contributed by atoms with van der Waals surface area (Å²) >= 11 is 3.48. The predicted molar refractivity (Wildman–Crippen MR) is 95.8 cm³/mol. The number of benzene rings is 1. The zero-order valence-corrected chi connectivity index (χ0v) is 15.4. The largest absolute Gasteiger partial charge is 0.386 e. The van der Waals surface area contributed by atoms with Gasteiger partial charge in [-0.15, -0.1) is 28.6 Å². The molecule has 1 N–H and O–H groups in total. The smallest absolute Gasteiger partial charge is 0.363 e. The number of aliphatic hydroxyl groups excluding tert-OH is 1. The molecule has 25 heavy (non-hydrogen) atoms. The number of aliphatic hydroxyl groups is 1. The summed E-state index contributed by atoms with van der Waals surface area (Å²) in [6, 6.07) is 6.42. The van der Waals surface area contributed by atoms with Gasteiger partial charge in [0.15, 0.2) is 0 Å². The minimum Gasteiger partial charge on any atom is -0.386 e. The van der Waals surface area contributed by atoms with E-state index < -0.39 is 23.9 Å². The van der Waals surface area contributed by atoms with Crippen LogP contribution in [0.1, 0.15) is 48.2 Å². The number of carbonyl (C=O) groups is 3. The standard InChI is InChI=1S/C17H19NO5S2/c1-17(24-9-2-10-25-17)15(21)11-3-5-12(6-4-11)16(22)23-18-13(19)7-8-14(18)20/h3-6,15,21H,2,7-10H2,1H3. The Morgan fingerprint density at radius 2 is 1.72 bits per heavy atom. The Morgan fingerprint density at radius 1 is 1.16 bits per heavy atom. The zero-order valence-electron chi connectivity index (χ0n) is 13.8. The molecule has 2 heterocycles. The van der Waals surface area contributed by atoms with Crippen LogP contribution in [0.2, 0.25) is 0 Å². The molecular formula is C17H19NO5S2. The molecule has 2 saturated heterocycles. The van der Waals surface area contributed by atoms with E-state index in [4.69, 9.17) is 4.84 Å². The van der Waals surface area contributed by atoms with Gasteiger partial charge in [0, 0.05) is 12.8 Å². The third-order valence-electron chi connectivity index (χ3n) is 4.20. The van der Waals surface area contributed by atoms with E-state index in [9.17, 15) is 19.5 Å². The van der Waals surface area contributed by atoms with Crippen molar-refractivity contribution < 1.29 is 24.3 Å². The Labute approximate surface area is 154 Å². The number of imide groups is 1. The van der Waals surface area contributed by atoms with Crippen molar-refractivity contribution in [2.45, 2.75) is 36.4 Å². The van der Waals surface area contributed by atoms with E-state index in [1.54, 1.807) is 35.7 Å².